The van der Waals surface area contributed by atoms with E-state index in [1.807, 2.05) is 0 Å². The molecule has 0 heterocycles. The third-order valence-corrected chi connectivity index (χ3v) is 4.99. The van der Waals surface area contributed by atoms with E-state index in [0.717, 1.165) is 6.07 Å². The molecule has 2 nitrogen and oxygen atoms in total. The fourth-order valence-corrected chi connectivity index (χ4v) is 2.56. The number of carbonyl (C=O) groups excluding carboxylic acids is 1. The molecule has 1 amide bonds. The molecule has 0 aliphatic rings. The van der Waals surface area contributed by atoms with Gasteiger partial charge in [0.1, 0.15) is 0 Å². The molecule has 0 unspecified atom stereocenters. The van der Waals surface area contributed by atoms with Gasteiger partial charge in [-0.05, 0) is 29.8 Å². The van der Waals surface area contributed by atoms with Crippen molar-refractivity contribution >= 4 is 46.4 Å². The highest BCUT2D eigenvalue weighted by Crippen LogP contribution is 2.64. The van der Waals surface area contributed by atoms with Crippen molar-refractivity contribution in [3.8, 4) is 0 Å². The number of benzene rings is 1. The second kappa shape index (κ2) is 9.03. The molecule has 0 radical (unpaired) electrons. The first-order chi connectivity index (χ1) is 15.6. The Bertz CT molecular complexity index is 1010. The van der Waals surface area contributed by atoms with Crippen LogP contribution < -0.4 is 5.32 Å². The standard InChI is InChI=1S/C15H4Cl3F16NO/c16-4-1-2-5(17)6(3-4)35-7(36)8(19,20)9(21,22)10(23,24)11(25,26)12(27,28)13(29,30)14(31,32)15(18,33)34/h1-3H,(H,35,36). The number of hydrogen-bond acceptors (Lipinski definition) is 1. The summed E-state index contributed by atoms with van der Waals surface area (Å²) in [5.74, 6) is -61.0. The topological polar surface area (TPSA) is 29.1 Å². The normalized spacial score (nSPS) is 15.2. The first kappa shape index (κ1) is 32.5. The van der Waals surface area contributed by atoms with Crippen LogP contribution >= 0.6 is 34.8 Å². The Morgan fingerprint density at radius 2 is 0.972 bits per heavy atom. The maximum absolute atomic E-state index is 13.9. The van der Waals surface area contributed by atoms with E-state index >= 15 is 0 Å². The van der Waals surface area contributed by atoms with Crippen LogP contribution in [0.15, 0.2) is 18.2 Å². The Hall–Kier alpha value is -1.56. The minimum Gasteiger partial charge on any atom is -0.319 e. The summed E-state index contributed by atoms with van der Waals surface area (Å²) in [6, 6.07) is 1.99. The summed E-state index contributed by atoms with van der Waals surface area (Å²) in [6.45, 7) is 0. The van der Waals surface area contributed by atoms with Crippen molar-refractivity contribution in [2.45, 2.75) is 46.8 Å². The monoisotopic (exact) mass is 623 g/mol. The molecule has 0 aromatic heterocycles. The van der Waals surface area contributed by atoms with Crippen LogP contribution in [0.3, 0.4) is 0 Å². The molecule has 1 aromatic carbocycles. The zero-order chi connectivity index (χ0) is 29.1. The molecule has 208 valence electrons. The van der Waals surface area contributed by atoms with Crippen LogP contribution in [-0.2, 0) is 4.79 Å². The predicted octanol–water partition coefficient (Wildman–Crippen LogP) is 8.21. The fraction of sp³-hybridized carbons (Fsp3) is 0.533. The Labute approximate surface area is 202 Å². The molecule has 0 spiro atoms. The lowest BCUT2D eigenvalue weighted by atomic mass is 9.89. The summed E-state index contributed by atoms with van der Waals surface area (Å²) >= 11 is 14.1. The number of rotatable bonds is 9. The van der Waals surface area contributed by atoms with Crippen molar-refractivity contribution in [3.05, 3.63) is 28.2 Å². The largest absolute Gasteiger partial charge is 0.393 e. The first-order valence-corrected chi connectivity index (χ1v) is 9.17. The van der Waals surface area contributed by atoms with Crippen LogP contribution in [0.2, 0.25) is 10.0 Å². The molecular formula is C15H4Cl3F16NO. The molecule has 0 saturated carbocycles. The van der Waals surface area contributed by atoms with Crippen LogP contribution in [0.1, 0.15) is 0 Å². The zero-order valence-electron chi connectivity index (χ0n) is 15.8. The van der Waals surface area contributed by atoms with Gasteiger partial charge in [0, 0.05) is 5.02 Å². The zero-order valence-corrected chi connectivity index (χ0v) is 18.1. The van der Waals surface area contributed by atoms with Gasteiger partial charge in [-0.2, -0.15) is 70.2 Å². The SMILES string of the molecule is O=C(Nc1cc(Cl)ccc1Cl)C(F)(F)C(F)(F)C(F)(F)C(F)(F)C(F)(F)C(F)(F)C(F)(F)C(F)(F)Cl. The summed E-state index contributed by atoms with van der Waals surface area (Å²) in [5.41, 5.74) is -1.17. The van der Waals surface area contributed by atoms with Crippen LogP contribution in [-0.4, -0.2) is 52.7 Å². The molecule has 1 aromatic rings. The minimum atomic E-state index is -8.67. The van der Waals surface area contributed by atoms with E-state index in [4.69, 9.17) is 23.2 Å². The molecule has 0 aliphatic carbocycles. The average Bonchev–Trinajstić information content (AvgIpc) is 2.68. The van der Waals surface area contributed by atoms with E-state index in [1.165, 1.54) is 0 Å². The van der Waals surface area contributed by atoms with Gasteiger partial charge < -0.3 is 5.32 Å². The van der Waals surface area contributed by atoms with Crippen molar-refractivity contribution in [2.24, 2.45) is 0 Å². The molecule has 1 rings (SSSR count). The molecule has 0 aliphatic heterocycles. The number of carbonyl (C=O) groups is 1. The quantitative estimate of drug-likeness (QED) is 0.218. The van der Waals surface area contributed by atoms with E-state index in [9.17, 15) is 75.0 Å². The molecule has 36 heavy (non-hydrogen) atoms. The maximum atomic E-state index is 13.9. The second-order valence-electron chi connectivity index (χ2n) is 6.60. The van der Waals surface area contributed by atoms with Crippen molar-refractivity contribution in [1.29, 1.82) is 0 Å². The molecular weight excluding hydrogens is 620 g/mol. The van der Waals surface area contributed by atoms with Gasteiger partial charge in [0.2, 0.25) is 0 Å². The number of anilines is 1. The number of nitrogens with one attached hydrogen (secondary N) is 1. The molecule has 1 N–H and O–H groups in total. The van der Waals surface area contributed by atoms with Crippen LogP contribution in [0.25, 0.3) is 0 Å². The smallest absolute Gasteiger partial charge is 0.319 e. The number of halogens is 19. The Kier molecular flexibility index (Phi) is 8.14. The molecule has 0 bridgehead atoms. The van der Waals surface area contributed by atoms with Crippen LogP contribution in [0.5, 0.6) is 0 Å². The minimum absolute atomic E-state index is 0.409. The van der Waals surface area contributed by atoms with E-state index in [1.54, 1.807) is 0 Å². The highest BCUT2D eigenvalue weighted by molar-refractivity contribution is 6.35. The van der Waals surface area contributed by atoms with Crippen molar-refractivity contribution in [1.82, 2.24) is 0 Å². The van der Waals surface area contributed by atoms with E-state index in [2.05, 4.69) is 11.6 Å². The van der Waals surface area contributed by atoms with E-state index in [-0.39, 0.29) is 0 Å². The van der Waals surface area contributed by atoms with Gasteiger partial charge in [0.15, 0.2) is 0 Å². The molecule has 21 heteroatoms. The van der Waals surface area contributed by atoms with Crippen LogP contribution in [0.4, 0.5) is 75.9 Å². The summed E-state index contributed by atoms with van der Waals surface area (Å²) in [4.78, 5) is 11.5. The van der Waals surface area contributed by atoms with Gasteiger partial charge in [-0.25, -0.2) is 0 Å². The lowest BCUT2D eigenvalue weighted by Crippen LogP contribution is -2.75. The number of amides is 1. The summed E-state index contributed by atoms with van der Waals surface area (Å²) in [5, 5.41) is -7.49. The first-order valence-electron chi connectivity index (χ1n) is 8.03. The lowest BCUT2D eigenvalue weighted by Gasteiger charge is -2.42. The van der Waals surface area contributed by atoms with Gasteiger partial charge in [-0.3, -0.25) is 4.79 Å². The fourth-order valence-electron chi connectivity index (χ4n) is 2.10. The third-order valence-electron chi connectivity index (χ3n) is 4.18. The lowest BCUT2D eigenvalue weighted by molar-refractivity contribution is -0.445. The maximum Gasteiger partial charge on any atom is 0.393 e. The van der Waals surface area contributed by atoms with Gasteiger partial charge in [-0.1, -0.05) is 23.2 Å². The van der Waals surface area contributed by atoms with Crippen LogP contribution in [0, 0.1) is 0 Å². The van der Waals surface area contributed by atoms with E-state index < -0.39 is 68.5 Å². The summed E-state index contributed by atoms with van der Waals surface area (Å²) in [6.07, 6.45) is 0. The predicted molar refractivity (Wildman–Crippen MR) is 90.5 cm³/mol. The highest BCUT2D eigenvalue weighted by Gasteiger charge is 2.95. The van der Waals surface area contributed by atoms with Crippen molar-refractivity contribution < 1.29 is 75.0 Å². The Morgan fingerprint density at radius 3 is 1.36 bits per heavy atom. The van der Waals surface area contributed by atoms with Crippen molar-refractivity contribution in [3.63, 3.8) is 0 Å². The Morgan fingerprint density at radius 1 is 0.611 bits per heavy atom. The third kappa shape index (κ3) is 4.50. The average molecular weight is 625 g/mol. The number of alkyl halides is 17. The van der Waals surface area contributed by atoms with Gasteiger partial charge >= 0.3 is 52.7 Å². The summed E-state index contributed by atoms with van der Waals surface area (Å²) < 4.78 is 215. The highest BCUT2D eigenvalue weighted by atomic mass is 35.5. The van der Waals surface area contributed by atoms with Gasteiger partial charge in [0.05, 0.1) is 10.7 Å². The van der Waals surface area contributed by atoms with Gasteiger partial charge in [0.25, 0.3) is 0 Å². The Balaban J connectivity index is 3.61. The van der Waals surface area contributed by atoms with Gasteiger partial charge in [-0.15, -0.1) is 0 Å². The van der Waals surface area contributed by atoms with E-state index in [0.29, 0.717) is 17.4 Å². The second-order valence-corrected chi connectivity index (χ2v) is 7.92. The molecule has 0 saturated heterocycles. The summed E-state index contributed by atoms with van der Waals surface area (Å²) in [7, 11) is 0. The number of hydrogen-bond donors (Lipinski definition) is 1. The molecule has 0 atom stereocenters. The van der Waals surface area contributed by atoms with Crippen molar-refractivity contribution in [2.75, 3.05) is 5.32 Å². The molecule has 0 fully saturated rings.